The molecule has 114 valence electrons. The van der Waals surface area contributed by atoms with Gasteiger partial charge in [-0.1, -0.05) is 64.7 Å². The summed E-state index contributed by atoms with van der Waals surface area (Å²) in [7, 11) is -3.45. The first-order chi connectivity index (χ1) is 8.98. The van der Waals surface area contributed by atoms with Crippen LogP contribution in [0.25, 0.3) is 0 Å². The van der Waals surface area contributed by atoms with E-state index in [4.69, 9.17) is 0 Å². The molecule has 0 saturated carbocycles. The summed E-state index contributed by atoms with van der Waals surface area (Å²) in [5.41, 5.74) is 0. The Morgan fingerprint density at radius 2 is 1.25 bits per heavy atom. The summed E-state index contributed by atoms with van der Waals surface area (Å²) < 4.78 is 22.5. The van der Waals surface area contributed by atoms with E-state index in [0.717, 1.165) is 19.3 Å². The molecule has 0 radical (unpaired) electrons. The van der Waals surface area contributed by atoms with E-state index in [1.54, 1.807) is 0 Å². The second-order valence-electron chi connectivity index (χ2n) is 5.15. The van der Waals surface area contributed by atoms with E-state index < -0.39 is 21.6 Å². The van der Waals surface area contributed by atoms with Crippen molar-refractivity contribution >= 4 is 15.8 Å². The van der Waals surface area contributed by atoms with Crippen LogP contribution in [0.15, 0.2) is 0 Å². The molecule has 0 atom stereocenters. The molecule has 0 aliphatic rings. The minimum Gasteiger partial charge on any atom is -0.549 e. The predicted octanol–water partition coefficient (Wildman–Crippen LogP) is -0.924. The van der Waals surface area contributed by atoms with Gasteiger partial charge in [-0.25, -0.2) is 8.42 Å². The maximum absolute atomic E-state index is 11.3. The first-order valence-electron chi connectivity index (χ1n) is 7.38. The first-order valence-corrected chi connectivity index (χ1v) is 9.20. The summed E-state index contributed by atoms with van der Waals surface area (Å²) in [6.45, 7) is 2.20. The molecule has 0 aliphatic carbocycles. The van der Waals surface area contributed by atoms with Crippen molar-refractivity contribution in [2.24, 2.45) is 0 Å². The molecule has 0 aliphatic heterocycles. The number of unbranched alkanes of at least 4 members (excludes halogenated alkanes) is 9. The van der Waals surface area contributed by atoms with Gasteiger partial charge in [0.15, 0.2) is 9.84 Å². The second kappa shape index (κ2) is 14.4. The fourth-order valence-electron chi connectivity index (χ4n) is 2.06. The molecule has 0 amide bonds. The number of carboxylic acids is 1. The number of carboxylic acid groups (broad SMARTS) is 1. The molecule has 0 N–H and O–H groups in total. The number of carbonyl (C=O) groups excluding carboxylic acids is 1. The molecule has 0 saturated heterocycles. The van der Waals surface area contributed by atoms with Crippen molar-refractivity contribution in [2.75, 3.05) is 11.5 Å². The zero-order valence-electron chi connectivity index (χ0n) is 13.0. The third-order valence-corrected chi connectivity index (χ3v) is 4.73. The molecule has 0 rings (SSSR count). The molecular weight excluding hydrogens is 287 g/mol. The van der Waals surface area contributed by atoms with Crippen molar-refractivity contribution < 1.29 is 47.9 Å². The monoisotopic (exact) mass is 314 g/mol. The van der Waals surface area contributed by atoms with Crippen molar-refractivity contribution in [3.63, 3.8) is 0 Å². The minimum atomic E-state index is -3.45. The first kappa shape index (κ1) is 22.7. The summed E-state index contributed by atoms with van der Waals surface area (Å²) in [5, 5.41) is 10.2. The molecule has 0 unspecified atom stereocenters. The Balaban J connectivity index is 0. The smallest absolute Gasteiger partial charge is 0.549 e. The van der Waals surface area contributed by atoms with Crippen LogP contribution < -0.4 is 34.7 Å². The van der Waals surface area contributed by atoms with Crippen LogP contribution in [0.1, 0.15) is 71.1 Å². The number of sulfone groups is 1. The molecular formula is C14H27NaO4S. The summed E-state index contributed by atoms with van der Waals surface area (Å²) in [4.78, 5) is 10.2. The molecule has 4 nitrogen and oxygen atoms in total. The van der Waals surface area contributed by atoms with Gasteiger partial charge in [-0.05, 0) is 6.42 Å². The van der Waals surface area contributed by atoms with Crippen molar-refractivity contribution in [2.45, 2.75) is 71.1 Å². The third-order valence-electron chi connectivity index (χ3n) is 3.15. The molecule has 0 aromatic rings. The Morgan fingerprint density at radius 1 is 0.850 bits per heavy atom. The Morgan fingerprint density at radius 3 is 1.65 bits per heavy atom. The largest absolute Gasteiger partial charge is 1.00 e. The standard InChI is InChI=1S/C14H28O4S.Na/c1-2-3-4-5-6-7-8-9-10-11-12-19(17,18)13-14(15)16;/h2-13H2,1H3,(H,15,16);/q;+1/p-1. The number of rotatable bonds is 13. The van der Waals surface area contributed by atoms with Gasteiger partial charge in [0.1, 0.15) is 0 Å². The van der Waals surface area contributed by atoms with Gasteiger partial charge in [-0.2, -0.15) is 0 Å². The van der Waals surface area contributed by atoms with Crippen LogP contribution in [0.4, 0.5) is 0 Å². The van der Waals surface area contributed by atoms with E-state index in [1.165, 1.54) is 38.5 Å². The van der Waals surface area contributed by atoms with Gasteiger partial charge >= 0.3 is 29.6 Å². The molecule has 6 heteroatoms. The van der Waals surface area contributed by atoms with Crippen molar-refractivity contribution in [1.29, 1.82) is 0 Å². The van der Waals surface area contributed by atoms with Gasteiger partial charge in [-0.15, -0.1) is 0 Å². The third kappa shape index (κ3) is 16.5. The average molecular weight is 314 g/mol. The minimum absolute atomic E-state index is 0. The van der Waals surface area contributed by atoms with Crippen LogP contribution in [-0.2, 0) is 14.6 Å². The Labute approximate surface area is 145 Å². The van der Waals surface area contributed by atoms with E-state index in [1.807, 2.05) is 0 Å². The van der Waals surface area contributed by atoms with Gasteiger partial charge in [0.2, 0.25) is 0 Å². The normalized spacial score (nSPS) is 11.1. The molecule has 0 aromatic carbocycles. The van der Waals surface area contributed by atoms with E-state index in [9.17, 15) is 18.3 Å². The fourth-order valence-corrected chi connectivity index (χ4v) is 3.21. The maximum atomic E-state index is 11.3. The zero-order chi connectivity index (χ0) is 14.6. The molecule has 0 fully saturated rings. The average Bonchev–Trinajstić information content (AvgIpc) is 2.30. The molecule has 0 bridgehead atoms. The number of aliphatic carboxylic acids is 1. The van der Waals surface area contributed by atoms with Crippen LogP contribution in [0.3, 0.4) is 0 Å². The predicted molar refractivity (Wildman–Crippen MR) is 75.5 cm³/mol. The van der Waals surface area contributed by atoms with Crippen LogP contribution >= 0.6 is 0 Å². The summed E-state index contributed by atoms with van der Waals surface area (Å²) >= 11 is 0. The summed E-state index contributed by atoms with van der Waals surface area (Å²) in [5.74, 6) is -2.38. The Kier molecular flexibility index (Phi) is 16.3. The quantitative estimate of drug-likeness (QED) is 0.325. The van der Waals surface area contributed by atoms with Gasteiger partial charge in [0.25, 0.3) is 0 Å². The SMILES string of the molecule is CCCCCCCCCCCCS(=O)(=O)CC(=O)[O-].[Na+]. The van der Waals surface area contributed by atoms with Crippen molar-refractivity contribution in [3.8, 4) is 0 Å². The van der Waals surface area contributed by atoms with Crippen LogP contribution in [-0.4, -0.2) is 25.9 Å². The maximum Gasteiger partial charge on any atom is 1.00 e. The second-order valence-corrected chi connectivity index (χ2v) is 7.33. The van der Waals surface area contributed by atoms with Gasteiger partial charge < -0.3 is 9.90 Å². The molecule has 0 spiro atoms. The molecule has 0 heterocycles. The fraction of sp³-hybridized carbons (Fsp3) is 0.929. The topological polar surface area (TPSA) is 74.3 Å². The van der Waals surface area contributed by atoms with Crippen LogP contribution in [0.2, 0.25) is 0 Å². The van der Waals surface area contributed by atoms with E-state index in [-0.39, 0.29) is 35.3 Å². The Bertz CT molecular complexity index is 328. The Hall–Kier alpha value is 0.420. The number of carbonyl (C=O) groups is 1. The van der Waals surface area contributed by atoms with Gasteiger partial charge in [-0.3, -0.25) is 0 Å². The van der Waals surface area contributed by atoms with Gasteiger partial charge in [0, 0.05) is 0 Å². The van der Waals surface area contributed by atoms with Crippen molar-refractivity contribution in [1.82, 2.24) is 0 Å². The zero-order valence-corrected chi connectivity index (χ0v) is 15.8. The van der Waals surface area contributed by atoms with Gasteiger partial charge in [0.05, 0.1) is 17.5 Å². The summed E-state index contributed by atoms with van der Waals surface area (Å²) in [6.07, 6.45) is 11.3. The van der Waals surface area contributed by atoms with Crippen molar-refractivity contribution in [3.05, 3.63) is 0 Å². The number of hydrogen-bond donors (Lipinski definition) is 0. The van der Waals surface area contributed by atoms with E-state index in [2.05, 4.69) is 6.92 Å². The molecule has 0 aromatic heterocycles. The van der Waals surface area contributed by atoms with Crippen LogP contribution in [0.5, 0.6) is 0 Å². The number of hydrogen-bond acceptors (Lipinski definition) is 4. The van der Waals surface area contributed by atoms with E-state index in [0.29, 0.717) is 6.42 Å². The molecule has 20 heavy (non-hydrogen) atoms. The van der Waals surface area contributed by atoms with E-state index >= 15 is 0 Å². The van der Waals surface area contributed by atoms with Crippen LogP contribution in [0, 0.1) is 0 Å². The summed E-state index contributed by atoms with van der Waals surface area (Å²) in [6, 6.07) is 0.